The van der Waals surface area contributed by atoms with Crippen LogP contribution < -0.4 is 0 Å². The molecule has 0 saturated carbocycles. The van der Waals surface area contributed by atoms with Crippen LogP contribution in [0.1, 0.15) is 30.5 Å². The molecule has 0 unspecified atom stereocenters. The molecule has 7 aromatic carbocycles. The van der Waals surface area contributed by atoms with Crippen LogP contribution in [0.2, 0.25) is 0 Å². The van der Waals surface area contributed by atoms with Crippen LogP contribution in [0.5, 0.6) is 0 Å². The molecule has 0 bridgehead atoms. The van der Waals surface area contributed by atoms with Crippen LogP contribution in [0.4, 0.5) is 0 Å². The van der Waals surface area contributed by atoms with E-state index in [1.54, 1.807) is 0 Å². The topological polar surface area (TPSA) is 49.6 Å². The quantitative estimate of drug-likeness (QED) is 0.176. The SMILES string of the molecule is CC1(C)c2ccc(C#N)cc2-c2c(-c3cccc(-c4cccc(-c5nc(-c6ccccc6)cc(-c6ccccc6-c6ccccc6)n5)c4)c3)cccc21. The summed E-state index contributed by atoms with van der Waals surface area (Å²) in [7, 11) is 0. The smallest absolute Gasteiger partial charge is 0.160 e. The highest BCUT2D eigenvalue weighted by Gasteiger charge is 2.37. The molecular formula is C50H35N3. The molecule has 3 heteroatoms. The van der Waals surface area contributed by atoms with Crippen LogP contribution in [-0.2, 0) is 5.41 Å². The second-order valence-corrected chi connectivity index (χ2v) is 14.1. The predicted octanol–water partition coefficient (Wildman–Crippen LogP) is 12.7. The molecule has 0 aliphatic heterocycles. The van der Waals surface area contributed by atoms with Crippen molar-refractivity contribution in [1.82, 2.24) is 9.97 Å². The molecule has 8 aromatic rings. The number of rotatable bonds is 6. The Morgan fingerprint density at radius 2 is 0.981 bits per heavy atom. The predicted molar refractivity (Wildman–Crippen MR) is 217 cm³/mol. The Morgan fingerprint density at radius 1 is 0.415 bits per heavy atom. The summed E-state index contributed by atoms with van der Waals surface area (Å²) in [6.45, 7) is 4.55. The summed E-state index contributed by atoms with van der Waals surface area (Å²) < 4.78 is 0. The molecule has 0 spiro atoms. The molecule has 1 aliphatic rings. The van der Waals surface area contributed by atoms with Crippen LogP contribution in [0.3, 0.4) is 0 Å². The molecular weight excluding hydrogens is 643 g/mol. The largest absolute Gasteiger partial charge is 0.228 e. The van der Waals surface area contributed by atoms with E-state index in [1.807, 2.05) is 30.3 Å². The van der Waals surface area contributed by atoms with Gasteiger partial charge in [-0.3, -0.25) is 0 Å². The van der Waals surface area contributed by atoms with Crippen molar-refractivity contribution in [3.05, 3.63) is 193 Å². The Balaban J connectivity index is 1.15. The Labute approximate surface area is 310 Å². The fourth-order valence-electron chi connectivity index (χ4n) is 7.87. The van der Waals surface area contributed by atoms with E-state index in [2.05, 4.69) is 166 Å². The highest BCUT2D eigenvalue weighted by Crippen LogP contribution is 2.52. The van der Waals surface area contributed by atoms with Crippen LogP contribution in [-0.4, -0.2) is 9.97 Å². The molecule has 0 radical (unpaired) electrons. The van der Waals surface area contributed by atoms with Gasteiger partial charge in [-0.2, -0.15) is 5.26 Å². The van der Waals surface area contributed by atoms with Crippen molar-refractivity contribution in [1.29, 1.82) is 5.26 Å². The van der Waals surface area contributed by atoms with Crippen molar-refractivity contribution in [3.8, 4) is 84.5 Å². The van der Waals surface area contributed by atoms with Gasteiger partial charge in [0, 0.05) is 22.1 Å². The van der Waals surface area contributed by atoms with Crippen LogP contribution >= 0.6 is 0 Å². The first-order chi connectivity index (χ1) is 26.0. The molecule has 0 atom stereocenters. The van der Waals surface area contributed by atoms with E-state index >= 15 is 0 Å². The summed E-state index contributed by atoms with van der Waals surface area (Å²) in [5.41, 5.74) is 17.0. The van der Waals surface area contributed by atoms with Gasteiger partial charge in [0.25, 0.3) is 0 Å². The number of nitriles is 1. The van der Waals surface area contributed by atoms with Gasteiger partial charge < -0.3 is 0 Å². The molecule has 0 saturated heterocycles. The van der Waals surface area contributed by atoms with E-state index in [-0.39, 0.29) is 5.41 Å². The van der Waals surface area contributed by atoms with E-state index in [0.29, 0.717) is 11.4 Å². The zero-order chi connectivity index (χ0) is 35.9. The Hall–Kier alpha value is -6.89. The summed E-state index contributed by atoms with van der Waals surface area (Å²) in [6, 6.07) is 63.7. The van der Waals surface area contributed by atoms with Gasteiger partial charge in [0.05, 0.1) is 23.0 Å². The fourth-order valence-corrected chi connectivity index (χ4v) is 7.87. The molecule has 9 rings (SSSR count). The molecule has 0 amide bonds. The molecule has 1 aliphatic carbocycles. The average Bonchev–Trinajstić information content (AvgIpc) is 3.46. The Kier molecular flexibility index (Phi) is 7.87. The van der Waals surface area contributed by atoms with E-state index < -0.39 is 0 Å². The molecule has 1 aromatic heterocycles. The first-order valence-electron chi connectivity index (χ1n) is 18.0. The van der Waals surface area contributed by atoms with Gasteiger partial charge in [0.1, 0.15) is 0 Å². The second kappa shape index (κ2) is 13.0. The summed E-state index contributed by atoms with van der Waals surface area (Å²) in [4.78, 5) is 10.4. The van der Waals surface area contributed by atoms with E-state index in [0.717, 1.165) is 61.5 Å². The van der Waals surface area contributed by atoms with Gasteiger partial charge in [-0.05, 0) is 86.0 Å². The first-order valence-corrected chi connectivity index (χ1v) is 18.0. The molecule has 0 fully saturated rings. The lowest BCUT2D eigenvalue weighted by molar-refractivity contribution is 0.660. The minimum atomic E-state index is -0.157. The van der Waals surface area contributed by atoms with E-state index in [4.69, 9.17) is 9.97 Å². The standard InChI is InChI=1S/C50H35N3/c1-50(2)44-27-26-33(32-51)28-43(44)48-41(24-13-25-45(48)50)38-20-11-18-36(29-38)37-19-12-21-39(30-37)49-52-46(35-16-7-4-8-17-35)31-47(53-49)42-23-10-9-22-40(42)34-14-5-3-6-15-34/h3-31H,1-2H3. The number of benzene rings is 7. The highest BCUT2D eigenvalue weighted by molar-refractivity contribution is 5.94. The number of hydrogen-bond donors (Lipinski definition) is 0. The van der Waals surface area contributed by atoms with Gasteiger partial charge in [-0.1, -0.05) is 159 Å². The minimum Gasteiger partial charge on any atom is -0.228 e. The molecule has 0 N–H and O–H groups in total. The molecule has 3 nitrogen and oxygen atoms in total. The lowest BCUT2D eigenvalue weighted by Crippen LogP contribution is -2.14. The summed E-state index contributed by atoms with van der Waals surface area (Å²) in [5.74, 6) is 0.676. The molecule has 250 valence electrons. The summed E-state index contributed by atoms with van der Waals surface area (Å²) in [5, 5.41) is 9.75. The van der Waals surface area contributed by atoms with Crippen molar-refractivity contribution < 1.29 is 0 Å². The number of aromatic nitrogens is 2. The van der Waals surface area contributed by atoms with Gasteiger partial charge in [-0.15, -0.1) is 0 Å². The number of hydrogen-bond acceptors (Lipinski definition) is 3. The van der Waals surface area contributed by atoms with Gasteiger partial charge in [0.2, 0.25) is 0 Å². The highest BCUT2D eigenvalue weighted by atomic mass is 14.9. The van der Waals surface area contributed by atoms with Crippen molar-refractivity contribution in [2.75, 3.05) is 0 Å². The third-order valence-electron chi connectivity index (χ3n) is 10.5. The summed E-state index contributed by atoms with van der Waals surface area (Å²) >= 11 is 0. The molecule has 1 heterocycles. The average molecular weight is 678 g/mol. The van der Waals surface area contributed by atoms with Gasteiger partial charge in [-0.25, -0.2) is 9.97 Å². The maximum Gasteiger partial charge on any atom is 0.160 e. The van der Waals surface area contributed by atoms with Crippen molar-refractivity contribution in [2.45, 2.75) is 19.3 Å². The van der Waals surface area contributed by atoms with Crippen LogP contribution in [0.25, 0.3) is 78.4 Å². The summed E-state index contributed by atoms with van der Waals surface area (Å²) in [6.07, 6.45) is 0. The Bertz CT molecular complexity index is 2700. The van der Waals surface area contributed by atoms with E-state index in [9.17, 15) is 5.26 Å². The monoisotopic (exact) mass is 677 g/mol. The van der Waals surface area contributed by atoms with Crippen LogP contribution in [0, 0.1) is 11.3 Å². The lowest BCUT2D eigenvalue weighted by Gasteiger charge is -2.21. The van der Waals surface area contributed by atoms with Crippen molar-refractivity contribution in [2.24, 2.45) is 0 Å². The Morgan fingerprint density at radius 3 is 1.72 bits per heavy atom. The maximum absolute atomic E-state index is 9.75. The second-order valence-electron chi connectivity index (χ2n) is 14.1. The van der Waals surface area contributed by atoms with E-state index in [1.165, 1.54) is 22.3 Å². The van der Waals surface area contributed by atoms with Gasteiger partial charge >= 0.3 is 0 Å². The van der Waals surface area contributed by atoms with Crippen molar-refractivity contribution >= 4 is 0 Å². The van der Waals surface area contributed by atoms with Gasteiger partial charge in [0.15, 0.2) is 5.82 Å². The number of fused-ring (bicyclic) bond motifs is 3. The minimum absolute atomic E-state index is 0.157. The zero-order valence-corrected chi connectivity index (χ0v) is 29.6. The zero-order valence-electron chi connectivity index (χ0n) is 29.6. The first kappa shape index (κ1) is 32.0. The third kappa shape index (κ3) is 5.72. The number of nitrogens with zero attached hydrogens (tertiary/aromatic N) is 3. The normalized spacial score (nSPS) is 12.5. The van der Waals surface area contributed by atoms with Crippen molar-refractivity contribution in [3.63, 3.8) is 0 Å². The maximum atomic E-state index is 9.75. The third-order valence-corrected chi connectivity index (χ3v) is 10.5. The fraction of sp³-hybridized carbons (Fsp3) is 0.0600. The lowest BCUT2D eigenvalue weighted by atomic mass is 9.82. The molecule has 53 heavy (non-hydrogen) atoms. The van der Waals surface area contributed by atoms with Crippen LogP contribution in [0.15, 0.2) is 176 Å².